The second kappa shape index (κ2) is 6.63. The maximum atomic E-state index is 11.0. The van der Waals surface area contributed by atoms with Gasteiger partial charge in [0, 0.05) is 26.1 Å². The summed E-state index contributed by atoms with van der Waals surface area (Å²) < 4.78 is 9.58. The molecule has 0 aliphatic rings. The van der Waals surface area contributed by atoms with Crippen molar-refractivity contribution in [2.75, 3.05) is 38.4 Å². The van der Waals surface area contributed by atoms with E-state index >= 15 is 0 Å². The maximum absolute atomic E-state index is 11.0. The van der Waals surface area contributed by atoms with Crippen LogP contribution in [0.15, 0.2) is 6.07 Å². The fraction of sp³-hybridized carbons (Fsp3) is 0.545. The lowest BCUT2D eigenvalue weighted by molar-refractivity contribution is -0.140. The van der Waals surface area contributed by atoms with E-state index in [4.69, 9.17) is 10.5 Å². The molecular weight excluding hydrogens is 236 g/mol. The molecule has 0 spiro atoms. The van der Waals surface area contributed by atoms with Gasteiger partial charge in [-0.3, -0.25) is 4.79 Å². The number of esters is 1. The summed E-state index contributed by atoms with van der Waals surface area (Å²) in [5.41, 5.74) is 5.57. The number of methoxy groups -OCH3 is 2. The minimum Gasteiger partial charge on any atom is -0.481 e. The zero-order valence-corrected chi connectivity index (χ0v) is 10.8. The molecule has 0 aliphatic heterocycles. The van der Waals surface area contributed by atoms with Gasteiger partial charge in [0.25, 0.3) is 0 Å². The number of nitrogen functional groups attached to an aromatic ring is 1. The lowest BCUT2D eigenvalue weighted by atomic mass is 10.3. The molecule has 0 fully saturated rings. The van der Waals surface area contributed by atoms with Gasteiger partial charge in [-0.2, -0.15) is 9.97 Å². The van der Waals surface area contributed by atoms with Gasteiger partial charge in [-0.15, -0.1) is 0 Å². The molecule has 0 aliphatic carbocycles. The van der Waals surface area contributed by atoms with Crippen LogP contribution >= 0.6 is 0 Å². The van der Waals surface area contributed by atoms with Gasteiger partial charge in [-0.25, -0.2) is 0 Å². The predicted molar refractivity (Wildman–Crippen MR) is 67.5 cm³/mol. The Kier molecular flexibility index (Phi) is 5.16. The zero-order valence-electron chi connectivity index (χ0n) is 10.8. The summed E-state index contributed by atoms with van der Waals surface area (Å²) in [6, 6.07) is 1.69. The van der Waals surface area contributed by atoms with Gasteiger partial charge in [-0.05, 0) is 6.42 Å². The van der Waals surface area contributed by atoms with Gasteiger partial charge in [0.1, 0.15) is 5.82 Å². The Morgan fingerprint density at radius 1 is 1.44 bits per heavy atom. The molecule has 1 rings (SSSR count). The van der Waals surface area contributed by atoms with E-state index in [2.05, 4.69) is 14.7 Å². The Morgan fingerprint density at radius 3 is 2.78 bits per heavy atom. The predicted octanol–water partition coefficient (Wildman–Crippen LogP) is 0.457. The van der Waals surface area contributed by atoms with Crippen LogP contribution in [0.3, 0.4) is 0 Å². The molecule has 1 aromatic heterocycles. The van der Waals surface area contributed by atoms with Gasteiger partial charge in [0.05, 0.1) is 14.2 Å². The number of hydrogen-bond donors (Lipinski definition) is 1. The molecule has 0 saturated carbocycles. The number of nitrogens with two attached hydrogens (primary N) is 1. The second-order valence-corrected chi connectivity index (χ2v) is 3.73. The quantitative estimate of drug-likeness (QED) is 0.737. The van der Waals surface area contributed by atoms with Crippen LogP contribution in [0, 0.1) is 0 Å². The number of aromatic nitrogens is 2. The average molecular weight is 254 g/mol. The Hall–Kier alpha value is -2.05. The number of rotatable bonds is 6. The highest BCUT2D eigenvalue weighted by Crippen LogP contribution is 2.17. The number of hydrogen-bond acceptors (Lipinski definition) is 7. The maximum Gasteiger partial charge on any atom is 0.305 e. The summed E-state index contributed by atoms with van der Waals surface area (Å²) in [5, 5.41) is 0. The van der Waals surface area contributed by atoms with E-state index in [1.807, 2.05) is 11.9 Å². The van der Waals surface area contributed by atoms with Gasteiger partial charge < -0.3 is 20.1 Å². The van der Waals surface area contributed by atoms with Gasteiger partial charge in [0.2, 0.25) is 11.8 Å². The summed E-state index contributed by atoms with van der Waals surface area (Å²) >= 11 is 0. The molecule has 7 nitrogen and oxygen atoms in total. The molecule has 0 amide bonds. The molecule has 100 valence electrons. The minimum atomic E-state index is -0.219. The van der Waals surface area contributed by atoms with Crippen LogP contribution in [-0.2, 0) is 9.53 Å². The minimum absolute atomic E-state index is 0.157. The van der Waals surface area contributed by atoms with Crippen LogP contribution in [0.25, 0.3) is 0 Å². The van der Waals surface area contributed by atoms with Crippen molar-refractivity contribution in [1.29, 1.82) is 0 Å². The Labute approximate surface area is 106 Å². The summed E-state index contributed by atoms with van der Waals surface area (Å²) in [6.07, 6.45) is 1.05. The van der Waals surface area contributed by atoms with Crippen molar-refractivity contribution < 1.29 is 14.3 Å². The standard InChI is InChI=1S/C11H18N4O3/c1-15(6-4-5-10(16)18-3)8-7-9(17-2)14-11(12)13-8/h7H,4-6H2,1-3H3,(H2,12,13,14). The molecule has 7 heteroatoms. The summed E-state index contributed by atoms with van der Waals surface area (Å²) in [7, 11) is 4.75. The van der Waals surface area contributed by atoms with Crippen LogP contribution in [0.1, 0.15) is 12.8 Å². The monoisotopic (exact) mass is 254 g/mol. The lowest BCUT2D eigenvalue weighted by Gasteiger charge is -2.18. The fourth-order valence-electron chi connectivity index (χ4n) is 1.41. The zero-order chi connectivity index (χ0) is 13.5. The Morgan fingerprint density at radius 2 is 2.17 bits per heavy atom. The third-order valence-electron chi connectivity index (χ3n) is 2.41. The van der Waals surface area contributed by atoms with E-state index in [0.29, 0.717) is 31.1 Å². The third-order valence-corrected chi connectivity index (χ3v) is 2.41. The fourth-order valence-corrected chi connectivity index (χ4v) is 1.41. The summed E-state index contributed by atoms with van der Waals surface area (Å²) in [6.45, 7) is 0.661. The topological polar surface area (TPSA) is 90.6 Å². The highest BCUT2D eigenvalue weighted by atomic mass is 16.5. The van der Waals surface area contributed by atoms with Crippen LogP contribution in [-0.4, -0.2) is 43.7 Å². The second-order valence-electron chi connectivity index (χ2n) is 3.73. The van der Waals surface area contributed by atoms with Crippen LogP contribution < -0.4 is 15.4 Å². The van der Waals surface area contributed by atoms with Crippen molar-refractivity contribution in [2.45, 2.75) is 12.8 Å². The number of nitrogens with zero attached hydrogens (tertiary/aromatic N) is 3. The first-order valence-corrected chi connectivity index (χ1v) is 5.53. The van der Waals surface area contributed by atoms with Crippen molar-refractivity contribution in [3.8, 4) is 5.88 Å². The molecular formula is C11H18N4O3. The highest BCUT2D eigenvalue weighted by Gasteiger charge is 2.08. The smallest absolute Gasteiger partial charge is 0.305 e. The highest BCUT2D eigenvalue weighted by molar-refractivity contribution is 5.69. The molecule has 2 N–H and O–H groups in total. The van der Waals surface area contributed by atoms with Crippen molar-refractivity contribution >= 4 is 17.7 Å². The Bertz CT molecular complexity index is 411. The lowest BCUT2D eigenvalue weighted by Crippen LogP contribution is -2.21. The number of ether oxygens (including phenoxy) is 2. The van der Waals surface area contributed by atoms with Crippen LogP contribution in [0.4, 0.5) is 11.8 Å². The van der Waals surface area contributed by atoms with E-state index < -0.39 is 0 Å². The van der Waals surface area contributed by atoms with Crippen LogP contribution in [0.2, 0.25) is 0 Å². The van der Waals surface area contributed by atoms with Crippen molar-refractivity contribution in [1.82, 2.24) is 9.97 Å². The van der Waals surface area contributed by atoms with E-state index in [1.54, 1.807) is 6.07 Å². The first-order valence-electron chi connectivity index (χ1n) is 5.53. The van der Waals surface area contributed by atoms with Crippen molar-refractivity contribution in [3.63, 3.8) is 0 Å². The molecule has 0 atom stereocenters. The molecule has 0 unspecified atom stereocenters. The summed E-state index contributed by atoms with van der Waals surface area (Å²) in [5.74, 6) is 1.01. The third kappa shape index (κ3) is 4.08. The van der Waals surface area contributed by atoms with Crippen molar-refractivity contribution in [3.05, 3.63) is 6.07 Å². The van der Waals surface area contributed by atoms with E-state index in [9.17, 15) is 4.79 Å². The Balaban J connectivity index is 2.58. The largest absolute Gasteiger partial charge is 0.481 e. The van der Waals surface area contributed by atoms with E-state index in [0.717, 1.165) is 0 Å². The van der Waals surface area contributed by atoms with E-state index in [-0.39, 0.29) is 11.9 Å². The van der Waals surface area contributed by atoms with Gasteiger partial charge >= 0.3 is 5.97 Å². The van der Waals surface area contributed by atoms with Gasteiger partial charge in [-0.1, -0.05) is 0 Å². The molecule has 0 saturated heterocycles. The molecule has 18 heavy (non-hydrogen) atoms. The molecule has 0 radical (unpaired) electrons. The molecule has 0 bridgehead atoms. The molecule has 1 heterocycles. The normalized spacial score (nSPS) is 9.94. The molecule has 1 aromatic rings. The summed E-state index contributed by atoms with van der Waals surface area (Å²) in [4.78, 5) is 20.9. The number of carbonyl (C=O) groups excluding carboxylic acids is 1. The molecule has 0 aromatic carbocycles. The van der Waals surface area contributed by atoms with Crippen molar-refractivity contribution in [2.24, 2.45) is 0 Å². The average Bonchev–Trinajstić information content (AvgIpc) is 2.37. The van der Waals surface area contributed by atoms with E-state index in [1.165, 1.54) is 14.2 Å². The first kappa shape index (κ1) is 14.0. The number of carbonyl (C=O) groups is 1. The van der Waals surface area contributed by atoms with Crippen LogP contribution in [0.5, 0.6) is 5.88 Å². The van der Waals surface area contributed by atoms with Gasteiger partial charge in [0.15, 0.2) is 0 Å². The number of anilines is 2. The SMILES string of the molecule is COC(=O)CCCN(C)c1cc(OC)nc(N)n1. The first-order chi connectivity index (χ1) is 8.56.